The van der Waals surface area contributed by atoms with Gasteiger partial charge in [0.25, 0.3) is 0 Å². The van der Waals surface area contributed by atoms with Crippen molar-refractivity contribution in [1.29, 1.82) is 0 Å². The second-order valence-corrected chi connectivity index (χ2v) is 7.25. The third-order valence-electron chi connectivity index (χ3n) is 2.58. The Morgan fingerprint density at radius 1 is 1.05 bits per heavy atom. The Morgan fingerprint density at radius 3 is 2.30 bits per heavy atom. The van der Waals surface area contributed by atoms with Crippen LogP contribution < -0.4 is 10.0 Å². The lowest BCUT2D eigenvalue weighted by molar-refractivity contribution is 0.590. The zero-order valence-electron chi connectivity index (χ0n) is 11.5. The molecular formula is C13H20Cl2N2O2S. The summed E-state index contributed by atoms with van der Waals surface area (Å²) in [5.41, 5.74) is 0.395. The van der Waals surface area contributed by atoms with Crippen molar-refractivity contribution in [3.8, 4) is 0 Å². The van der Waals surface area contributed by atoms with Gasteiger partial charge < -0.3 is 5.32 Å². The van der Waals surface area contributed by atoms with E-state index in [-0.39, 0.29) is 5.75 Å². The molecule has 0 aromatic heterocycles. The Hall–Kier alpha value is -0.490. The maximum atomic E-state index is 11.9. The second-order valence-electron chi connectivity index (χ2n) is 4.54. The average Bonchev–Trinajstić information content (AvgIpc) is 2.31. The zero-order valence-corrected chi connectivity index (χ0v) is 13.8. The van der Waals surface area contributed by atoms with Gasteiger partial charge in [-0.2, -0.15) is 0 Å². The van der Waals surface area contributed by atoms with E-state index < -0.39 is 10.0 Å². The van der Waals surface area contributed by atoms with E-state index in [0.717, 1.165) is 25.9 Å². The fourth-order valence-electron chi connectivity index (χ4n) is 1.69. The van der Waals surface area contributed by atoms with Crippen LogP contribution in [0.2, 0.25) is 10.0 Å². The minimum absolute atomic E-state index is 0.0882. The first kappa shape index (κ1) is 17.6. The third kappa shape index (κ3) is 7.33. The van der Waals surface area contributed by atoms with E-state index >= 15 is 0 Å². The molecule has 0 saturated heterocycles. The molecule has 0 amide bonds. The van der Waals surface area contributed by atoms with Crippen molar-refractivity contribution in [1.82, 2.24) is 5.32 Å². The van der Waals surface area contributed by atoms with Crippen LogP contribution in [0.5, 0.6) is 0 Å². The molecule has 1 rings (SSSR count). The van der Waals surface area contributed by atoms with Crippen LogP contribution in [-0.4, -0.2) is 27.3 Å². The van der Waals surface area contributed by atoms with E-state index in [9.17, 15) is 8.42 Å². The molecular weight excluding hydrogens is 319 g/mol. The van der Waals surface area contributed by atoms with Gasteiger partial charge in [0, 0.05) is 10.0 Å². The first-order chi connectivity index (χ1) is 9.43. The standard InChI is InChI=1S/C13H20Cl2N2O2S/c1-2-5-16-6-3-4-7-20(18,19)17-13-9-11(14)8-12(15)10-13/h8-10,16-17H,2-7H2,1H3. The summed E-state index contributed by atoms with van der Waals surface area (Å²) in [7, 11) is -3.36. The van der Waals surface area contributed by atoms with E-state index in [0.29, 0.717) is 22.2 Å². The highest BCUT2D eigenvalue weighted by Gasteiger charge is 2.10. The molecule has 1 aromatic rings. The minimum Gasteiger partial charge on any atom is -0.317 e. The van der Waals surface area contributed by atoms with Crippen molar-refractivity contribution >= 4 is 38.9 Å². The topological polar surface area (TPSA) is 58.2 Å². The molecule has 0 fully saturated rings. The van der Waals surface area contributed by atoms with Gasteiger partial charge in [0.2, 0.25) is 10.0 Å². The Labute approximate surface area is 130 Å². The van der Waals surface area contributed by atoms with Crippen LogP contribution in [0.1, 0.15) is 26.2 Å². The molecule has 20 heavy (non-hydrogen) atoms. The Bertz CT molecular complexity index is 501. The number of hydrogen-bond acceptors (Lipinski definition) is 3. The molecule has 0 aliphatic heterocycles. The van der Waals surface area contributed by atoms with Gasteiger partial charge in [-0.25, -0.2) is 8.42 Å². The summed E-state index contributed by atoms with van der Waals surface area (Å²) in [6.07, 6.45) is 2.52. The molecule has 0 aliphatic carbocycles. The predicted octanol–water partition coefficient (Wildman–Crippen LogP) is 3.51. The highest BCUT2D eigenvalue weighted by Crippen LogP contribution is 2.23. The van der Waals surface area contributed by atoms with Crippen molar-refractivity contribution < 1.29 is 8.42 Å². The molecule has 0 unspecified atom stereocenters. The van der Waals surface area contributed by atoms with Gasteiger partial charge in [-0.1, -0.05) is 30.1 Å². The van der Waals surface area contributed by atoms with Gasteiger partial charge in [-0.05, 0) is 50.6 Å². The highest BCUT2D eigenvalue weighted by molar-refractivity contribution is 7.92. The van der Waals surface area contributed by atoms with Crippen LogP contribution >= 0.6 is 23.2 Å². The van der Waals surface area contributed by atoms with Crippen molar-refractivity contribution in [3.63, 3.8) is 0 Å². The maximum absolute atomic E-state index is 11.9. The van der Waals surface area contributed by atoms with Crippen molar-refractivity contribution in [2.45, 2.75) is 26.2 Å². The van der Waals surface area contributed by atoms with Crippen molar-refractivity contribution in [3.05, 3.63) is 28.2 Å². The minimum atomic E-state index is -3.36. The summed E-state index contributed by atoms with van der Waals surface area (Å²) < 4.78 is 26.3. The van der Waals surface area contributed by atoms with Gasteiger partial charge in [-0.15, -0.1) is 0 Å². The number of hydrogen-bond donors (Lipinski definition) is 2. The van der Waals surface area contributed by atoms with E-state index in [4.69, 9.17) is 23.2 Å². The van der Waals surface area contributed by atoms with Crippen LogP contribution in [-0.2, 0) is 10.0 Å². The number of halogens is 2. The maximum Gasteiger partial charge on any atom is 0.232 e. The molecule has 4 nitrogen and oxygen atoms in total. The molecule has 0 saturated carbocycles. The van der Waals surface area contributed by atoms with Crippen molar-refractivity contribution in [2.24, 2.45) is 0 Å². The third-order valence-corrected chi connectivity index (χ3v) is 4.39. The fourth-order valence-corrected chi connectivity index (χ4v) is 3.38. The zero-order chi connectivity index (χ0) is 15.0. The van der Waals surface area contributed by atoms with E-state index in [2.05, 4.69) is 17.0 Å². The average molecular weight is 339 g/mol. The molecule has 1 aromatic carbocycles. The molecule has 114 valence electrons. The quantitative estimate of drug-likeness (QED) is 0.677. The predicted molar refractivity (Wildman–Crippen MR) is 86.3 cm³/mol. The van der Waals surface area contributed by atoms with Gasteiger partial charge in [0.05, 0.1) is 11.4 Å². The molecule has 7 heteroatoms. The van der Waals surface area contributed by atoms with Crippen LogP contribution in [0.4, 0.5) is 5.69 Å². The highest BCUT2D eigenvalue weighted by atomic mass is 35.5. The summed E-state index contributed by atoms with van der Waals surface area (Å²) in [6, 6.07) is 4.63. The molecule has 0 spiro atoms. The largest absolute Gasteiger partial charge is 0.317 e. The molecule has 0 bridgehead atoms. The number of sulfonamides is 1. The molecule has 0 heterocycles. The van der Waals surface area contributed by atoms with Crippen LogP contribution in [0.25, 0.3) is 0 Å². The Kier molecular flexibility index (Phi) is 7.66. The van der Waals surface area contributed by atoms with E-state index in [1.54, 1.807) is 6.07 Å². The number of unbranched alkanes of at least 4 members (excludes halogenated alkanes) is 1. The number of benzene rings is 1. The first-order valence-electron chi connectivity index (χ1n) is 6.60. The molecule has 0 radical (unpaired) electrons. The Balaban J connectivity index is 2.41. The fraction of sp³-hybridized carbons (Fsp3) is 0.538. The summed E-state index contributed by atoms with van der Waals surface area (Å²) in [5.74, 6) is 0.0882. The lowest BCUT2D eigenvalue weighted by Crippen LogP contribution is -2.19. The SMILES string of the molecule is CCCNCCCCS(=O)(=O)Nc1cc(Cl)cc(Cl)c1. The monoisotopic (exact) mass is 338 g/mol. The summed E-state index contributed by atoms with van der Waals surface area (Å²) in [4.78, 5) is 0. The van der Waals surface area contributed by atoms with Crippen LogP contribution in [0, 0.1) is 0 Å². The summed E-state index contributed by atoms with van der Waals surface area (Å²) in [6.45, 7) is 3.90. The Morgan fingerprint density at radius 2 is 1.70 bits per heavy atom. The van der Waals surface area contributed by atoms with Gasteiger partial charge in [0.1, 0.15) is 0 Å². The summed E-state index contributed by atoms with van der Waals surface area (Å²) in [5, 5.41) is 4.04. The second kappa shape index (κ2) is 8.72. The molecule has 0 atom stereocenters. The number of nitrogens with one attached hydrogen (secondary N) is 2. The summed E-state index contributed by atoms with van der Waals surface area (Å²) >= 11 is 11.7. The van der Waals surface area contributed by atoms with Gasteiger partial charge >= 0.3 is 0 Å². The smallest absolute Gasteiger partial charge is 0.232 e. The van der Waals surface area contributed by atoms with Crippen LogP contribution in [0.15, 0.2) is 18.2 Å². The lowest BCUT2D eigenvalue weighted by Gasteiger charge is -2.09. The van der Waals surface area contributed by atoms with E-state index in [1.807, 2.05) is 0 Å². The molecule has 0 aliphatic rings. The van der Waals surface area contributed by atoms with Crippen molar-refractivity contribution in [2.75, 3.05) is 23.6 Å². The van der Waals surface area contributed by atoms with Crippen LogP contribution in [0.3, 0.4) is 0 Å². The first-order valence-corrected chi connectivity index (χ1v) is 9.01. The van der Waals surface area contributed by atoms with Gasteiger partial charge in [-0.3, -0.25) is 4.72 Å². The van der Waals surface area contributed by atoms with E-state index in [1.165, 1.54) is 12.1 Å². The number of rotatable bonds is 9. The lowest BCUT2D eigenvalue weighted by atomic mass is 10.3. The normalized spacial score (nSPS) is 11.6. The number of anilines is 1. The molecule has 2 N–H and O–H groups in total. The van der Waals surface area contributed by atoms with Gasteiger partial charge in [0.15, 0.2) is 0 Å².